The molecule has 1 aliphatic heterocycles. The second-order valence-electron chi connectivity index (χ2n) is 7.10. The lowest BCUT2D eigenvalue weighted by atomic mass is 9.95. The van der Waals surface area contributed by atoms with Gasteiger partial charge in [0, 0.05) is 24.4 Å². The van der Waals surface area contributed by atoms with E-state index in [1.165, 1.54) is 0 Å². The van der Waals surface area contributed by atoms with Crippen LogP contribution >= 0.6 is 11.3 Å². The maximum absolute atomic E-state index is 12.7. The largest absolute Gasteiger partial charge is 0.349 e. The highest BCUT2D eigenvalue weighted by Gasteiger charge is 2.29. The van der Waals surface area contributed by atoms with Crippen molar-refractivity contribution >= 4 is 33.4 Å². The van der Waals surface area contributed by atoms with Crippen molar-refractivity contribution in [1.29, 1.82) is 0 Å². The van der Waals surface area contributed by atoms with Crippen molar-refractivity contribution in [2.24, 2.45) is 5.92 Å². The van der Waals surface area contributed by atoms with E-state index in [-0.39, 0.29) is 23.8 Å². The number of fused-ring (bicyclic) bond motifs is 1. The number of aromatic amines is 1. The molecule has 2 aromatic heterocycles. The molecule has 4 rings (SSSR count). The van der Waals surface area contributed by atoms with Crippen molar-refractivity contribution in [3.8, 4) is 0 Å². The normalized spacial score (nSPS) is 16.4. The van der Waals surface area contributed by atoms with Gasteiger partial charge in [0.05, 0.1) is 6.04 Å². The molecule has 2 N–H and O–H groups in total. The van der Waals surface area contributed by atoms with E-state index in [0.717, 1.165) is 15.8 Å². The van der Waals surface area contributed by atoms with Crippen LogP contribution in [0.4, 0.5) is 0 Å². The predicted molar refractivity (Wildman–Crippen MR) is 108 cm³/mol. The molecular weight excluding hydrogens is 358 g/mol. The number of hydrogen-bond donors (Lipinski definition) is 2. The Labute approximate surface area is 162 Å². The van der Waals surface area contributed by atoms with Crippen molar-refractivity contribution < 1.29 is 9.59 Å². The fourth-order valence-electron chi connectivity index (χ4n) is 3.63. The topological polar surface area (TPSA) is 65.2 Å². The molecule has 3 heterocycles. The summed E-state index contributed by atoms with van der Waals surface area (Å²) >= 11 is 1.60. The maximum atomic E-state index is 12.7. The molecule has 0 saturated carbocycles. The minimum Gasteiger partial charge on any atom is -0.349 e. The number of nitrogens with zero attached hydrogens (tertiary/aromatic N) is 1. The summed E-state index contributed by atoms with van der Waals surface area (Å²) in [6, 6.07) is 13.9. The van der Waals surface area contributed by atoms with Crippen molar-refractivity contribution in [3.63, 3.8) is 0 Å². The summed E-state index contributed by atoms with van der Waals surface area (Å²) in [5.41, 5.74) is 1.74. The summed E-state index contributed by atoms with van der Waals surface area (Å²) in [6.45, 7) is 3.23. The molecule has 27 heavy (non-hydrogen) atoms. The van der Waals surface area contributed by atoms with E-state index >= 15 is 0 Å². The first-order valence-electron chi connectivity index (χ1n) is 9.32. The van der Waals surface area contributed by atoms with E-state index in [9.17, 15) is 9.59 Å². The van der Waals surface area contributed by atoms with Gasteiger partial charge in [-0.1, -0.05) is 30.3 Å². The first kappa shape index (κ1) is 17.8. The Morgan fingerprint density at radius 2 is 1.93 bits per heavy atom. The number of nitrogens with one attached hydrogen (secondary N) is 2. The molecule has 5 nitrogen and oxygen atoms in total. The fraction of sp³-hybridized carbons (Fsp3) is 0.333. The lowest BCUT2D eigenvalue weighted by Gasteiger charge is -2.31. The standard InChI is InChI=1S/C21H23N3O2S/c1-14(15-5-3-2-4-6-15)22-19(25)16-7-10-24(11-8-16)21(26)18-13-17-9-12-27-20(17)23-18/h2-6,9,12-14,16,23H,7-8,10-11H2,1H3,(H,22,25)/t14-/m0/s1. The van der Waals surface area contributed by atoms with Crippen LogP contribution in [0.25, 0.3) is 10.2 Å². The molecule has 1 fully saturated rings. The number of carbonyl (C=O) groups is 2. The molecule has 0 aliphatic carbocycles. The number of piperidine rings is 1. The number of likely N-dealkylation sites (tertiary alicyclic amines) is 1. The maximum Gasteiger partial charge on any atom is 0.270 e. The minimum absolute atomic E-state index is 0.00906. The van der Waals surface area contributed by atoms with Gasteiger partial charge in [-0.3, -0.25) is 9.59 Å². The third-order valence-electron chi connectivity index (χ3n) is 5.29. The van der Waals surface area contributed by atoms with Crippen LogP contribution in [0, 0.1) is 5.92 Å². The summed E-state index contributed by atoms with van der Waals surface area (Å²) in [4.78, 5) is 31.4. The molecule has 1 aromatic carbocycles. The molecule has 1 aliphatic rings. The quantitative estimate of drug-likeness (QED) is 0.718. The first-order chi connectivity index (χ1) is 13.1. The summed E-state index contributed by atoms with van der Waals surface area (Å²) in [5, 5.41) is 6.20. The third kappa shape index (κ3) is 3.76. The van der Waals surface area contributed by atoms with Gasteiger partial charge >= 0.3 is 0 Å². The van der Waals surface area contributed by atoms with Gasteiger partial charge in [-0.25, -0.2) is 0 Å². The highest BCUT2D eigenvalue weighted by atomic mass is 32.1. The van der Waals surface area contributed by atoms with Crippen LogP contribution in [0.2, 0.25) is 0 Å². The second-order valence-corrected chi connectivity index (χ2v) is 8.01. The average Bonchev–Trinajstić information content (AvgIpc) is 3.30. The number of thiophene rings is 1. The van der Waals surface area contributed by atoms with Gasteiger partial charge in [-0.05, 0) is 42.8 Å². The molecule has 0 unspecified atom stereocenters. The van der Waals surface area contributed by atoms with Crippen LogP contribution in [0.15, 0.2) is 47.8 Å². The van der Waals surface area contributed by atoms with Gasteiger partial charge < -0.3 is 15.2 Å². The lowest BCUT2D eigenvalue weighted by molar-refractivity contribution is -0.126. The number of rotatable bonds is 4. The van der Waals surface area contributed by atoms with E-state index in [2.05, 4.69) is 10.3 Å². The SMILES string of the molecule is C[C@H](NC(=O)C1CCN(C(=O)c2cc3ccsc3[nH]2)CC1)c1ccccc1. The molecule has 0 spiro atoms. The average molecular weight is 382 g/mol. The van der Waals surface area contributed by atoms with Gasteiger partial charge in [0.25, 0.3) is 5.91 Å². The molecule has 2 amide bonds. The molecule has 6 heteroatoms. The van der Waals surface area contributed by atoms with Crippen molar-refractivity contribution in [1.82, 2.24) is 15.2 Å². The molecule has 3 aromatic rings. The highest BCUT2D eigenvalue weighted by molar-refractivity contribution is 7.16. The number of hydrogen-bond acceptors (Lipinski definition) is 3. The predicted octanol–water partition coefficient (Wildman–Crippen LogP) is 3.96. The van der Waals surface area contributed by atoms with Gasteiger partial charge in [0.1, 0.15) is 10.5 Å². The van der Waals surface area contributed by atoms with Crippen molar-refractivity contribution in [2.45, 2.75) is 25.8 Å². The van der Waals surface area contributed by atoms with E-state index < -0.39 is 0 Å². The zero-order valence-electron chi connectivity index (χ0n) is 15.3. The van der Waals surface area contributed by atoms with Crippen LogP contribution in [-0.2, 0) is 4.79 Å². The van der Waals surface area contributed by atoms with Crippen LogP contribution < -0.4 is 5.32 Å². The van der Waals surface area contributed by atoms with Gasteiger partial charge in [-0.15, -0.1) is 11.3 Å². The zero-order valence-corrected chi connectivity index (χ0v) is 16.1. The van der Waals surface area contributed by atoms with Crippen LogP contribution in [0.3, 0.4) is 0 Å². The van der Waals surface area contributed by atoms with Crippen LogP contribution in [0.5, 0.6) is 0 Å². The number of benzene rings is 1. The monoisotopic (exact) mass is 381 g/mol. The third-order valence-corrected chi connectivity index (χ3v) is 6.13. The van der Waals surface area contributed by atoms with Crippen molar-refractivity contribution in [2.75, 3.05) is 13.1 Å². The Morgan fingerprint density at radius 3 is 2.63 bits per heavy atom. The summed E-state index contributed by atoms with van der Waals surface area (Å²) in [5.74, 6) is 0.0705. The smallest absolute Gasteiger partial charge is 0.270 e. The summed E-state index contributed by atoms with van der Waals surface area (Å²) < 4.78 is 0. The molecule has 1 atom stereocenters. The lowest BCUT2D eigenvalue weighted by Crippen LogP contribution is -2.43. The van der Waals surface area contributed by atoms with Gasteiger partial charge in [0.2, 0.25) is 5.91 Å². The van der Waals surface area contributed by atoms with E-state index in [0.29, 0.717) is 31.6 Å². The summed E-state index contributed by atoms with van der Waals surface area (Å²) in [6.07, 6.45) is 1.41. The van der Waals surface area contributed by atoms with Gasteiger partial charge in [-0.2, -0.15) is 0 Å². The minimum atomic E-state index is -0.0349. The number of carbonyl (C=O) groups excluding carboxylic acids is 2. The molecule has 0 radical (unpaired) electrons. The fourth-order valence-corrected chi connectivity index (χ4v) is 4.42. The molecule has 0 bridgehead atoms. The zero-order chi connectivity index (χ0) is 18.8. The second kappa shape index (κ2) is 7.56. The van der Waals surface area contributed by atoms with Gasteiger partial charge in [0.15, 0.2) is 0 Å². The Kier molecular flexibility index (Phi) is 4.99. The number of aromatic nitrogens is 1. The Hall–Kier alpha value is -2.60. The molecule has 1 saturated heterocycles. The summed E-state index contributed by atoms with van der Waals surface area (Å²) in [7, 11) is 0. The Balaban J connectivity index is 1.32. The van der Waals surface area contributed by atoms with Crippen LogP contribution in [-0.4, -0.2) is 34.8 Å². The molecule has 140 valence electrons. The number of H-pyrrole nitrogens is 1. The first-order valence-corrected chi connectivity index (χ1v) is 10.2. The van der Waals surface area contributed by atoms with Crippen molar-refractivity contribution in [3.05, 3.63) is 59.1 Å². The highest BCUT2D eigenvalue weighted by Crippen LogP contribution is 2.24. The van der Waals surface area contributed by atoms with E-state index in [1.807, 2.05) is 59.7 Å². The number of amides is 2. The molecular formula is C21H23N3O2S. The van der Waals surface area contributed by atoms with E-state index in [1.54, 1.807) is 11.3 Å². The Bertz CT molecular complexity index is 910. The van der Waals surface area contributed by atoms with E-state index in [4.69, 9.17) is 0 Å². The Morgan fingerprint density at radius 1 is 1.19 bits per heavy atom. The van der Waals surface area contributed by atoms with Crippen LogP contribution in [0.1, 0.15) is 41.9 Å².